The van der Waals surface area contributed by atoms with E-state index in [1.54, 1.807) is 18.6 Å². The van der Waals surface area contributed by atoms with Crippen LogP contribution in [0, 0.1) is 0 Å². The van der Waals surface area contributed by atoms with Crippen LogP contribution in [0.4, 0.5) is 0 Å². The van der Waals surface area contributed by atoms with Crippen molar-refractivity contribution in [3.8, 4) is 0 Å². The summed E-state index contributed by atoms with van der Waals surface area (Å²) < 4.78 is 0. The molecule has 0 unspecified atom stereocenters. The molecular formula is C9H6N4. The van der Waals surface area contributed by atoms with Crippen LogP contribution in [0.15, 0.2) is 30.9 Å². The molecule has 0 aliphatic carbocycles. The molecule has 0 aliphatic rings. The van der Waals surface area contributed by atoms with Gasteiger partial charge in [-0.3, -0.25) is 15.1 Å². The van der Waals surface area contributed by atoms with Crippen molar-refractivity contribution in [3.05, 3.63) is 30.9 Å². The number of H-pyrrole nitrogens is 1. The maximum atomic E-state index is 4.28. The summed E-state index contributed by atoms with van der Waals surface area (Å²) in [5.74, 6) is 0. The first-order chi connectivity index (χ1) is 6.45. The largest absolute Gasteiger partial charge is 0.284 e. The number of aromatic nitrogens is 4. The Kier molecular flexibility index (Phi) is 1.14. The summed E-state index contributed by atoms with van der Waals surface area (Å²) in [5.41, 5.74) is 1.85. The molecule has 3 aromatic heterocycles. The van der Waals surface area contributed by atoms with Crippen molar-refractivity contribution in [1.29, 1.82) is 0 Å². The lowest BCUT2D eigenvalue weighted by molar-refractivity contribution is 1.12. The number of nitrogens with zero attached hydrogens (tertiary/aromatic N) is 3. The van der Waals surface area contributed by atoms with E-state index >= 15 is 0 Å². The van der Waals surface area contributed by atoms with E-state index in [1.807, 2.05) is 12.3 Å². The first-order valence-corrected chi connectivity index (χ1v) is 3.97. The van der Waals surface area contributed by atoms with Crippen LogP contribution >= 0.6 is 0 Å². The Bertz CT molecular complexity index is 570. The standard InChI is InChI=1S/C9H6N4/c1-2-10-5-7-8(1)11-3-6-4-12-13-9(6)7/h1-5H,(H,12,13). The smallest absolute Gasteiger partial charge is 0.105 e. The van der Waals surface area contributed by atoms with Crippen LogP contribution in [0.1, 0.15) is 0 Å². The summed E-state index contributed by atoms with van der Waals surface area (Å²) in [7, 11) is 0. The summed E-state index contributed by atoms with van der Waals surface area (Å²) in [6, 6.07) is 1.88. The molecule has 0 saturated heterocycles. The predicted octanol–water partition coefficient (Wildman–Crippen LogP) is 1.51. The fourth-order valence-electron chi connectivity index (χ4n) is 1.43. The zero-order valence-electron chi connectivity index (χ0n) is 6.73. The van der Waals surface area contributed by atoms with E-state index in [2.05, 4.69) is 20.2 Å². The minimum Gasteiger partial charge on any atom is -0.284 e. The van der Waals surface area contributed by atoms with Gasteiger partial charge in [0, 0.05) is 35.6 Å². The molecule has 0 radical (unpaired) electrons. The Hall–Kier alpha value is -1.97. The number of fused-ring (bicyclic) bond motifs is 3. The molecule has 0 fully saturated rings. The molecule has 0 atom stereocenters. The Labute approximate surface area is 73.6 Å². The van der Waals surface area contributed by atoms with E-state index in [0.717, 1.165) is 21.8 Å². The van der Waals surface area contributed by atoms with Crippen molar-refractivity contribution in [1.82, 2.24) is 20.2 Å². The molecule has 4 nitrogen and oxygen atoms in total. The van der Waals surface area contributed by atoms with E-state index in [1.165, 1.54) is 0 Å². The van der Waals surface area contributed by atoms with Gasteiger partial charge in [0.05, 0.1) is 5.52 Å². The van der Waals surface area contributed by atoms with Gasteiger partial charge in [0.15, 0.2) is 0 Å². The average molecular weight is 170 g/mol. The average Bonchev–Trinajstić information content (AvgIpc) is 2.65. The molecule has 3 heterocycles. The summed E-state index contributed by atoms with van der Waals surface area (Å²) in [6.07, 6.45) is 7.15. The third-order valence-electron chi connectivity index (χ3n) is 2.07. The predicted molar refractivity (Wildman–Crippen MR) is 49.2 cm³/mol. The maximum absolute atomic E-state index is 4.28. The molecule has 0 spiro atoms. The van der Waals surface area contributed by atoms with Crippen molar-refractivity contribution in [2.75, 3.05) is 0 Å². The molecule has 0 amide bonds. The van der Waals surface area contributed by atoms with Gasteiger partial charge in [-0.2, -0.15) is 5.10 Å². The van der Waals surface area contributed by atoms with E-state index < -0.39 is 0 Å². The molecule has 4 heteroatoms. The summed E-state index contributed by atoms with van der Waals surface area (Å²) >= 11 is 0. The van der Waals surface area contributed by atoms with Crippen molar-refractivity contribution >= 4 is 21.8 Å². The van der Waals surface area contributed by atoms with Crippen molar-refractivity contribution in [2.24, 2.45) is 0 Å². The van der Waals surface area contributed by atoms with Crippen LogP contribution < -0.4 is 0 Å². The number of rotatable bonds is 0. The van der Waals surface area contributed by atoms with Gasteiger partial charge < -0.3 is 0 Å². The summed E-state index contributed by atoms with van der Waals surface area (Å²) in [5, 5.41) is 8.96. The number of hydrogen-bond acceptors (Lipinski definition) is 3. The van der Waals surface area contributed by atoms with E-state index in [9.17, 15) is 0 Å². The van der Waals surface area contributed by atoms with Crippen molar-refractivity contribution < 1.29 is 0 Å². The number of pyridine rings is 2. The van der Waals surface area contributed by atoms with Gasteiger partial charge in [0.1, 0.15) is 5.52 Å². The zero-order valence-corrected chi connectivity index (χ0v) is 6.73. The monoisotopic (exact) mass is 170 g/mol. The number of aromatic amines is 1. The molecule has 62 valence electrons. The first-order valence-electron chi connectivity index (χ1n) is 3.97. The van der Waals surface area contributed by atoms with Gasteiger partial charge in [-0.15, -0.1) is 0 Å². The highest BCUT2D eigenvalue weighted by Gasteiger charge is 2.02. The van der Waals surface area contributed by atoms with E-state index in [-0.39, 0.29) is 0 Å². The Morgan fingerprint density at radius 2 is 2.23 bits per heavy atom. The highest BCUT2D eigenvalue weighted by molar-refractivity contribution is 6.01. The normalized spacial score (nSPS) is 11.1. The third kappa shape index (κ3) is 0.823. The Morgan fingerprint density at radius 1 is 1.23 bits per heavy atom. The van der Waals surface area contributed by atoms with Crippen LogP contribution in [-0.2, 0) is 0 Å². The molecule has 1 N–H and O–H groups in total. The van der Waals surface area contributed by atoms with Gasteiger partial charge in [0.2, 0.25) is 0 Å². The maximum Gasteiger partial charge on any atom is 0.105 e. The van der Waals surface area contributed by atoms with E-state index in [0.29, 0.717) is 0 Å². The van der Waals surface area contributed by atoms with Crippen LogP contribution in [0.5, 0.6) is 0 Å². The summed E-state index contributed by atoms with van der Waals surface area (Å²) in [4.78, 5) is 8.33. The molecule has 0 aromatic carbocycles. The van der Waals surface area contributed by atoms with Crippen LogP contribution in [-0.4, -0.2) is 20.2 Å². The van der Waals surface area contributed by atoms with Crippen molar-refractivity contribution in [2.45, 2.75) is 0 Å². The molecule has 3 rings (SSSR count). The fourth-order valence-corrected chi connectivity index (χ4v) is 1.43. The summed E-state index contributed by atoms with van der Waals surface area (Å²) in [6.45, 7) is 0. The topological polar surface area (TPSA) is 54.5 Å². The lowest BCUT2D eigenvalue weighted by Gasteiger charge is -1.94. The number of hydrogen-bond donors (Lipinski definition) is 1. The van der Waals surface area contributed by atoms with Gasteiger partial charge >= 0.3 is 0 Å². The van der Waals surface area contributed by atoms with Gasteiger partial charge in [0.25, 0.3) is 0 Å². The third-order valence-corrected chi connectivity index (χ3v) is 2.07. The lowest BCUT2D eigenvalue weighted by atomic mass is 10.2. The molecular weight excluding hydrogens is 164 g/mol. The molecule has 0 saturated carbocycles. The fraction of sp³-hybridized carbons (Fsp3) is 0. The van der Waals surface area contributed by atoms with Gasteiger partial charge in [-0.25, -0.2) is 0 Å². The molecule has 0 aliphatic heterocycles. The minimum atomic E-state index is 0.926. The second kappa shape index (κ2) is 2.26. The first kappa shape index (κ1) is 6.54. The molecule has 13 heavy (non-hydrogen) atoms. The highest BCUT2D eigenvalue weighted by Crippen LogP contribution is 2.19. The number of nitrogens with one attached hydrogen (secondary N) is 1. The minimum absolute atomic E-state index is 0.926. The van der Waals surface area contributed by atoms with Gasteiger partial charge in [-0.1, -0.05) is 0 Å². The Morgan fingerprint density at radius 3 is 3.23 bits per heavy atom. The zero-order chi connectivity index (χ0) is 8.67. The van der Waals surface area contributed by atoms with E-state index in [4.69, 9.17) is 0 Å². The molecule has 3 aromatic rings. The van der Waals surface area contributed by atoms with Crippen LogP contribution in [0.2, 0.25) is 0 Å². The van der Waals surface area contributed by atoms with Gasteiger partial charge in [-0.05, 0) is 6.07 Å². The quantitative estimate of drug-likeness (QED) is 0.556. The van der Waals surface area contributed by atoms with Crippen LogP contribution in [0.25, 0.3) is 21.8 Å². The van der Waals surface area contributed by atoms with Crippen molar-refractivity contribution in [3.63, 3.8) is 0 Å². The lowest BCUT2D eigenvalue weighted by Crippen LogP contribution is -1.81. The second-order valence-corrected chi connectivity index (χ2v) is 2.84. The second-order valence-electron chi connectivity index (χ2n) is 2.84. The SMILES string of the molecule is c1cc2ncc3c[nH]nc3c2cn1. The highest BCUT2D eigenvalue weighted by atomic mass is 15.1. The molecule has 0 bridgehead atoms. The Balaban J connectivity index is 2.65. The van der Waals surface area contributed by atoms with Crippen LogP contribution in [0.3, 0.4) is 0 Å².